The van der Waals surface area contributed by atoms with Gasteiger partial charge in [0.05, 0.1) is 6.61 Å². The highest BCUT2D eigenvalue weighted by molar-refractivity contribution is 5.83. The van der Waals surface area contributed by atoms with Crippen LogP contribution in [-0.4, -0.2) is 47.2 Å². The number of amides is 1. The van der Waals surface area contributed by atoms with Crippen LogP contribution in [0, 0.1) is 0 Å². The summed E-state index contributed by atoms with van der Waals surface area (Å²) < 4.78 is 0. The largest absolute Gasteiger partial charge is 0.394 e. The molecule has 1 fully saturated rings. The van der Waals surface area contributed by atoms with E-state index in [9.17, 15) is 9.90 Å². The molecule has 1 unspecified atom stereocenters. The van der Waals surface area contributed by atoms with E-state index >= 15 is 0 Å². The van der Waals surface area contributed by atoms with Gasteiger partial charge in [0.2, 0.25) is 5.91 Å². The number of piperazine rings is 1. The Morgan fingerprint density at radius 3 is 2.68 bits per heavy atom. The number of aliphatic hydroxyl groups excluding tert-OH is 1. The highest BCUT2D eigenvalue weighted by atomic mass is 16.3. The van der Waals surface area contributed by atoms with Crippen molar-refractivity contribution in [2.75, 3.05) is 19.7 Å². The Morgan fingerprint density at radius 2 is 2.05 bits per heavy atom. The molecule has 0 aromatic heterocycles. The van der Waals surface area contributed by atoms with Crippen LogP contribution in [0.15, 0.2) is 30.3 Å². The van der Waals surface area contributed by atoms with E-state index in [4.69, 9.17) is 0 Å². The SMILES string of the molecule is CC1(C)CN(CCc2ccccc2)C(CO)C(=O)N1. The van der Waals surface area contributed by atoms with Crippen molar-refractivity contribution < 1.29 is 9.90 Å². The summed E-state index contributed by atoms with van der Waals surface area (Å²) in [7, 11) is 0. The van der Waals surface area contributed by atoms with Crippen LogP contribution >= 0.6 is 0 Å². The lowest BCUT2D eigenvalue weighted by atomic mass is 9.97. The van der Waals surface area contributed by atoms with Gasteiger partial charge in [0.15, 0.2) is 0 Å². The molecule has 2 N–H and O–H groups in total. The summed E-state index contributed by atoms with van der Waals surface area (Å²) in [5.74, 6) is -0.0770. The van der Waals surface area contributed by atoms with Crippen molar-refractivity contribution in [3.8, 4) is 0 Å². The maximum Gasteiger partial charge on any atom is 0.240 e. The number of aliphatic hydroxyl groups is 1. The third-order valence-corrected chi connectivity index (χ3v) is 3.51. The molecule has 104 valence electrons. The predicted octanol–water partition coefficient (Wildman–Crippen LogP) is 0.800. The molecule has 1 aromatic rings. The first-order chi connectivity index (χ1) is 9.02. The van der Waals surface area contributed by atoms with Gasteiger partial charge in [-0.2, -0.15) is 0 Å². The van der Waals surface area contributed by atoms with E-state index < -0.39 is 6.04 Å². The normalized spacial score (nSPS) is 23.1. The molecule has 19 heavy (non-hydrogen) atoms. The van der Waals surface area contributed by atoms with Crippen LogP contribution in [-0.2, 0) is 11.2 Å². The van der Waals surface area contributed by atoms with E-state index in [-0.39, 0.29) is 18.1 Å². The minimum absolute atomic E-state index is 0.0770. The molecule has 0 bridgehead atoms. The molecule has 0 saturated carbocycles. The number of carbonyl (C=O) groups is 1. The summed E-state index contributed by atoms with van der Waals surface area (Å²) in [5, 5.41) is 12.3. The molecular weight excluding hydrogens is 240 g/mol. The van der Waals surface area contributed by atoms with Gasteiger partial charge in [0.1, 0.15) is 6.04 Å². The van der Waals surface area contributed by atoms with E-state index in [0.717, 1.165) is 19.5 Å². The van der Waals surface area contributed by atoms with Crippen LogP contribution in [0.25, 0.3) is 0 Å². The third kappa shape index (κ3) is 3.55. The highest BCUT2D eigenvalue weighted by Gasteiger charge is 2.37. The Bertz CT molecular complexity index is 431. The minimum atomic E-state index is -0.420. The number of hydrogen-bond acceptors (Lipinski definition) is 3. The zero-order chi connectivity index (χ0) is 13.9. The van der Waals surface area contributed by atoms with Crippen molar-refractivity contribution in [2.24, 2.45) is 0 Å². The van der Waals surface area contributed by atoms with Gasteiger partial charge in [0.25, 0.3) is 0 Å². The molecule has 0 aliphatic carbocycles. The summed E-state index contributed by atoms with van der Waals surface area (Å²) >= 11 is 0. The van der Waals surface area contributed by atoms with Crippen LogP contribution in [0.4, 0.5) is 0 Å². The standard InChI is InChI=1S/C15H22N2O2/c1-15(2)11-17(13(10-18)14(19)16-15)9-8-12-6-4-3-5-7-12/h3-7,13,18H,8-11H2,1-2H3,(H,16,19). The van der Waals surface area contributed by atoms with Crippen LogP contribution in [0.5, 0.6) is 0 Å². The Hall–Kier alpha value is -1.39. The van der Waals surface area contributed by atoms with Gasteiger partial charge in [-0.15, -0.1) is 0 Å². The molecule has 1 amide bonds. The fraction of sp³-hybridized carbons (Fsp3) is 0.533. The summed E-state index contributed by atoms with van der Waals surface area (Å²) in [6.45, 7) is 5.43. The first-order valence-electron chi connectivity index (χ1n) is 6.73. The average molecular weight is 262 g/mol. The van der Waals surface area contributed by atoms with E-state index in [1.54, 1.807) is 0 Å². The first-order valence-corrected chi connectivity index (χ1v) is 6.73. The Morgan fingerprint density at radius 1 is 1.37 bits per heavy atom. The Labute approximate surface area is 114 Å². The van der Waals surface area contributed by atoms with E-state index in [0.29, 0.717) is 0 Å². The number of carbonyl (C=O) groups excluding carboxylic acids is 1. The van der Waals surface area contributed by atoms with Gasteiger partial charge >= 0.3 is 0 Å². The summed E-state index contributed by atoms with van der Waals surface area (Å²) in [6, 6.07) is 9.79. The zero-order valence-corrected chi connectivity index (χ0v) is 11.6. The summed E-state index contributed by atoms with van der Waals surface area (Å²) in [6.07, 6.45) is 0.890. The lowest BCUT2D eigenvalue weighted by molar-refractivity contribution is -0.134. The molecule has 1 atom stereocenters. The average Bonchev–Trinajstić information content (AvgIpc) is 2.36. The number of hydrogen-bond donors (Lipinski definition) is 2. The third-order valence-electron chi connectivity index (χ3n) is 3.51. The molecule has 0 radical (unpaired) electrons. The quantitative estimate of drug-likeness (QED) is 0.844. The van der Waals surface area contributed by atoms with Crippen molar-refractivity contribution in [3.63, 3.8) is 0 Å². The van der Waals surface area contributed by atoms with Gasteiger partial charge in [-0.1, -0.05) is 30.3 Å². The van der Waals surface area contributed by atoms with Gasteiger partial charge in [-0.25, -0.2) is 0 Å². The van der Waals surface area contributed by atoms with Crippen LogP contribution in [0.1, 0.15) is 19.4 Å². The minimum Gasteiger partial charge on any atom is -0.394 e. The van der Waals surface area contributed by atoms with E-state index in [1.807, 2.05) is 32.0 Å². The smallest absolute Gasteiger partial charge is 0.240 e. The fourth-order valence-corrected chi connectivity index (χ4v) is 2.59. The molecular formula is C15H22N2O2. The predicted molar refractivity (Wildman–Crippen MR) is 74.8 cm³/mol. The van der Waals surface area contributed by atoms with Crippen LogP contribution < -0.4 is 5.32 Å². The summed E-state index contributed by atoms with van der Waals surface area (Å²) in [4.78, 5) is 14.0. The van der Waals surface area contributed by atoms with Gasteiger partial charge < -0.3 is 10.4 Å². The number of nitrogens with zero attached hydrogens (tertiary/aromatic N) is 1. The molecule has 0 spiro atoms. The molecule has 4 nitrogen and oxygen atoms in total. The fourth-order valence-electron chi connectivity index (χ4n) is 2.59. The Balaban J connectivity index is 2.02. The molecule has 2 rings (SSSR count). The van der Waals surface area contributed by atoms with Crippen molar-refractivity contribution >= 4 is 5.91 Å². The van der Waals surface area contributed by atoms with E-state index in [1.165, 1.54) is 5.56 Å². The number of rotatable bonds is 4. The Kier molecular flexibility index (Phi) is 4.22. The second kappa shape index (κ2) is 5.72. The topological polar surface area (TPSA) is 52.6 Å². The lowest BCUT2D eigenvalue weighted by Gasteiger charge is -2.43. The van der Waals surface area contributed by atoms with Crippen molar-refractivity contribution in [2.45, 2.75) is 31.8 Å². The monoisotopic (exact) mass is 262 g/mol. The maximum atomic E-state index is 11.9. The number of benzene rings is 1. The molecule has 1 saturated heterocycles. The van der Waals surface area contributed by atoms with Gasteiger partial charge in [0, 0.05) is 18.6 Å². The van der Waals surface area contributed by atoms with Gasteiger partial charge in [-0.05, 0) is 25.8 Å². The van der Waals surface area contributed by atoms with Crippen molar-refractivity contribution in [1.29, 1.82) is 0 Å². The van der Waals surface area contributed by atoms with Gasteiger partial charge in [-0.3, -0.25) is 9.69 Å². The van der Waals surface area contributed by atoms with E-state index in [2.05, 4.69) is 22.3 Å². The van der Waals surface area contributed by atoms with Crippen LogP contribution in [0.2, 0.25) is 0 Å². The van der Waals surface area contributed by atoms with Crippen LogP contribution in [0.3, 0.4) is 0 Å². The first kappa shape index (κ1) is 14.0. The second-order valence-corrected chi connectivity index (χ2v) is 5.78. The molecule has 4 heteroatoms. The molecule has 1 aliphatic rings. The maximum absolute atomic E-state index is 11.9. The van der Waals surface area contributed by atoms with Crippen molar-refractivity contribution in [3.05, 3.63) is 35.9 Å². The molecule has 1 aromatic carbocycles. The summed E-state index contributed by atoms with van der Waals surface area (Å²) in [5.41, 5.74) is 1.02. The molecule has 1 aliphatic heterocycles. The lowest BCUT2D eigenvalue weighted by Crippen LogP contribution is -2.65. The molecule has 1 heterocycles. The van der Waals surface area contributed by atoms with Crippen molar-refractivity contribution in [1.82, 2.24) is 10.2 Å². The second-order valence-electron chi connectivity index (χ2n) is 5.78. The highest BCUT2D eigenvalue weighted by Crippen LogP contribution is 2.16. The number of nitrogens with one attached hydrogen (secondary N) is 1. The zero-order valence-electron chi connectivity index (χ0n) is 11.6.